The maximum Gasteiger partial charge on any atom is 0.336 e. The van der Waals surface area contributed by atoms with Gasteiger partial charge in [-0.1, -0.05) is 60.7 Å². The molecule has 0 spiro atoms. The predicted molar refractivity (Wildman–Crippen MR) is 160 cm³/mol. The van der Waals surface area contributed by atoms with E-state index in [4.69, 9.17) is 16.6 Å². The number of nitrogens with zero attached hydrogens (tertiary/aromatic N) is 2. The molecule has 1 fully saturated rings. The molecule has 204 valence electrons. The van der Waals surface area contributed by atoms with Crippen LogP contribution in [0.5, 0.6) is 0 Å². The number of hydrogen-bond acceptors (Lipinski definition) is 5. The quantitative estimate of drug-likeness (QED) is 0.192. The van der Waals surface area contributed by atoms with Crippen molar-refractivity contribution in [2.75, 3.05) is 11.9 Å². The number of carbonyl (C=O) groups is 2. The number of carbonyl (C=O) groups excluding carboxylic acids is 1. The van der Waals surface area contributed by atoms with Crippen molar-refractivity contribution in [3.05, 3.63) is 120 Å². The third-order valence-electron chi connectivity index (χ3n) is 7.18. The zero-order chi connectivity index (χ0) is 28.3. The van der Waals surface area contributed by atoms with Crippen molar-refractivity contribution in [1.29, 1.82) is 0 Å². The highest BCUT2D eigenvalue weighted by Crippen LogP contribution is 2.41. The molecule has 1 aliphatic heterocycles. The van der Waals surface area contributed by atoms with E-state index in [9.17, 15) is 14.7 Å². The fraction of sp³-hybridized carbons (Fsp3) is 0.125. The van der Waals surface area contributed by atoms with Crippen LogP contribution in [0.15, 0.2) is 108 Å². The van der Waals surface area contributed by atoms with Crippen LogP contribution < -0.4 is 10.6 Å². The number of anilines is 1. The lowest BCUT2D eigenvalue weighted by Crippen LogP contribution is -2.32. The molecule has 8 nitrogen and oxygen atoms in total. The van der Waals surface area contributed by atoms with Gasteiger partial charge in [0.1, 0.15) is 17.6 Å². The minimum absolute atomic E-state index is 0.139. The number of hydrogen-bond donors (Lipinski definition) is 3. The monoisotopic (exact) mass is 562 g/mol. The number of amides is 1. The van der Waals surface area contributed by atoms with Gasteiger partial charge in [0.15, 0.2) is 5.11 Å². The van der Waals surface area contributed by atoms with Crippen molar-refractivity contribution in [2.45, 2.75) is 18.5 Å². The minimum atomic E-state index is -1.03. The summed E-state index contributed by atoms with van der Waals surface area (Å²) in [6.45, 7) is 0.332. The summed E-state index contributed by atoms with van der Waals surface area (Å²) >= 11 is 5.73. The highest BCUT2D eigenvalue weighted by atomic mass is 32.1. The third-order valence-corrected chi connectivity index (χ3v) is 7.53. The Morgan fingerprint density at radius 1 is 0.951 bits per heavy atom. The molecular weight excluding hydrogens is 536 g/mol. The second kappa shape index (κ2) is 11.2. The zero-order valence-electron chi connectivity index (χ0n) is 21.9. The summed E-state index contributed by atoms with van der Waals surface area (Å²) in [5.74, 6) is -0.158. The molecule has 1 saturated heterocycles. The molecule has 0 radical (unpaired) electrons. The SMILES string of the molecule is O=C(CCN1C(=S)N[C@@H](c2ccccn2)[C@H]1c1ccc(-c2ccccc2C(=O)O)o1)Nc1cccc2ccccc12. The van der Waals surface area contributed by atoms with E-state index in [1.807, 2.05) is 71.6 Å². The molecule has 2 aromatic heterocycles. The van der Waals surface area contributed by atoms with Gasteiger partial charge in [-0.2, -0.15) is 0 Å². The standard InChI is InChI=1S/C32H26N4O4S/c37-28(34-24-14-7-9-20-8-1-2-10-21(20)24)17-19-36-30(29(35-32(36)41)25-13-5-6-18-33-25)27-16-15-26(40-27)22-11-3-4-12-23(22)31(38)39/h1-16,18,29-30H,17,19H2,(H,34,37)(H,35,41)(H,38,39)/t29-,30+/m0/s1. The van der Waals surface area contributed by atoms with Gasteiger partial charge in [0.2, 0.25) is 5.91 Å². The smallest absolute Gasteiger partial charge is 0.336 e. The van der Waals surface area contributed by atoms with Crippen LogP contribution in [0.1, 0.15) is 40.3 Å². The minimum Gasteiger partial charge on any atom is -0.478 e. The van der Waals surface area contributed by atoms with Crippen molar-refractivity contribution in [2.24, 2.45) is 0 Å². The van der Waals surface area contributed by atoms with Gasteiger partial charge in [-0.15, -0.1) is 0 Å². The number of carboxylic acids is 1. The van der Waals surface area contributed by atoms with Crippen molar-refractivity contribution >= 4 is 45.7 Å². The van der Waals surface area contributed by atoms with E-state index < -0.39 is 12.0 Å². The molecule has 3 heterocycles. The lowest BCUT2D eigenvalue weighted by atomic mass is 10.0. The Morgan fingerprint density at radius 2 is 1.73 bits per heavy atom. The van der Waals surface area contributed by atoms with E-state index in [1.165, 1.54) is 0 Å². The third kappa shape index (κ3) is 5.27. The molecule has 0 bridgehead atoms. The molecule has 6 rings (SSSR count). The van der Waals surface area contributed by atoms with Crippen LogP contribution in [0.3, 0.4) is 0 Å². The first-order valence-corrected chi connectivity index (χ1v) is 13.6. The van der Waals surface area contributed by atoms with Gasteiger partial charge in [-0.05, 0) is 54.0 Å². The number of furan rings is 1. The number of carboxylic acid groups (broad SMARTS) is 1. The predicted octanol–water partition coefficient (Wildman–Crippen LogP) is 6.19. The number of fused-ring (bicyclic) bond motifs is 1. The van der Waals surface area contributed by atoms with Gasteiger partial charge in [0.25, 0.3) is 0 Å². The van der Waals surface area contributed by atoms with E-state index in [-0.39, 0.29) is 23.9 Å². The molecule has 1 amide bonds. The first-order chi connectivity index (χ1) is 20.0. The Labute approximate surface area is 241 Å². The molecule has 9 heteroatoms. The molecule has 0 saturated carbocycles. The molecule has 41 heavy (non-hydrogen) atoms. The second-order valence-corrected chi connectivity index (χ2v) is 10.1. The number of aromatic carboxylic acids is 1. The molecule has 0 unspecified atom stereocenters. The van der Waals surface area contributed by atoms with Crippen molar-refractivity contribution in [1.82, 2.24) is 15.2 Å². The van der Waals surface area contributed by atoms with E-state index in [1.54, 1.807) is 36.5 Å². The highest BCUT2D eigenvalue weighted by Gasteiger charge is 2.41. The lowest BCUT2D eigenvalue weighted by Gasteiger charge is -2.26. The van der Waals surface area contributed by atoms with Crippen LogP contribution in [-0.2, 0) is 4.79 Å². The summed E-state index contributed by atoms with van der Waals surface area (Å²) in [7, 11) is 0. The van der Waals surface area contributed by atoms with Crippen LogP contribution in [0.25, 0.3) is 22.1 Å². The Kier molecular flexibility index (Phi) is 7.18. The molecule has 3 aromatic carbocycles. The number of aromatic nitrogens is 1. The number of benzene rings is 3. The van der Waals surface area contributed by atoms with Crippen LogP contribution in [0, 0.1) is 0 Å². The molecule has 1 aliphatic rings. The average Bonchev–Trinajstić information content (AvgIpc) is 3.61. The first-order valence-electron chi connectivity index (χ1n) is 13.2. The maximum atomic E-state index is 13.1. The van der Waals surface area contributed by atoms with Gasteiger partial charge in [0, 0.05) is 35.8 Å². The van der Waals surface area contributed by atoms with Crippen LogP contribution in [-0.4, -0.2) is 38.5 Å². The van der Waals surface area contributed by atoms with E-state index in [0.717, 1.165) is 22.2 Å². The van der Waals surface area contributed by atoms with Gasteiger partial charge in [-0.3, -0.25) is 9.78 Å². The summed E-state index contributed by atoms with van der Waals surface area (Å²) in [5.41, 5.74) is 2.16. The fourth-order valence-corrected chi connectivity index (χ4v) is 5.60. The maximum absolute atomic E-state index is 13.1. The van der Waals surface area contributed by atoms with E-state index in [0.29, 0.717) is 28.7 Å². The summed E-state index contributed by atoms with van der Waals surface area (Å²) < 4.78 is 6.29. The van der Waals surface area contributed by atoms with Crippen LogP contribution in [0.4, 0.5) is 5.69 Å². The number of pyridine rings is 1. The Bertz CT molecular complexity index is 1750. The Balaban J connectivity index is 1.28. The highest BCUT2D eigenvalue weighted by molar-refractivity contribution is 7.80. The van der Waals surface area contributed by atoms with Gasteiger partial charge >= 0.3 is 5.97 Å². The summed E-state index contributed by atoms with van der Waals surface area (Å²) in [6, 6.07) is 28.9. The van der Waals surface area contributed by atoms with E-state index >= 15 is 0 Å². The number of nitrogens with one attached hydrogen (secondary N) is 2. The Morgan fingerprint density at radius 3 is 2.56 bits per heavy atom. The van der Waals surface area contributed by atoms with Crippen LogP contribution >= 0.6 is 12.2 Å². The fourth-order valence-electron chi connectivity index (χ4n) is 5.27. The van der Waals surface area contributed by atoms with Gasteiger partial charge < -0.3 is 25.1 Å². The second-order valence-electron chi connectivity index (χ2n) is 9.70. The van der Waals surface area contributed by atoms with Crippen LogP contribution in [0.2, 0.25) is 0 Å². The van der Waals surface area contributed by atoms with Crippen molar-refractivity contribution in [3.63, 3.8) is 0 Å². The van der Waals surface area contributed by atoms with Gasteiger partial charge in [-0.25, -0.2) is 4.79 Å². The number of rotatable bonds is 8. The lowest BCUT2D eigenvalue weighted by molar-refractivity contribution is -0.116. The summed E-state index contributed by atoms with van der Waals surface area (Å²) in [4.78, 5) is 31.4. The molecule has 5 aromatic rings. The average molecular weight is 563 g/mol. The molecule has 0 aliphatic carbocycles. The van der Waals surface area contributed by atoms with Crippen molar-refractivity contribution < 1.29 is 19.1 Å². The normalized spacial score (nSPS) is 16.5. The zero-order valence-corrected chi connectivity index (χ0v) is 22.7. The van der Waals surface area contributed by atoms with Crippen molar-refractivity contribution in [3.8, 4) is 11.3 Å². The first kappa shape index (κ1) is 26.2. The van der Waals surface area contributed by atoms with Gasteiger partial charge in [0.05, 0.1) is 17.3 Å². The molecule has 3 N–H and O–H groups in total. The summed E-state index contributed by atoms with van der Waals surface area (Å²) in [5, 5.41) is 18.6. The van der Waals surface area contributed by atoms with E-state index in [2.05, 4.69) is 15.6 Å². The number of thiocarbonyl (C=S) groups is 1. The topological polar surface area (TPSA) is 108 Å². The summed E-state index contributed by atoms with van der Waals surface area (Å²) in [6.07, 6.45) is 1.90. The Hall–Kier alpha value is -5.02. The molecule has 2 atom stereocenters. The molecular formula is C32H26N4O4S. The largest absolute Gasteiger partial charge is 0.478 e.